The SMILES string of the molecule is Cc1cn([C@H]2C[C@H](CCO)[C@@H](CO[Si](c3ccccc3)(c3ccccc3)C(C)(C)C)O2)c(=O)[nH]c1=O. The lowest BCUT2D eigenvalue weighted by Gasteiger charge is -2.43. The van der Waals surface area contributed by atoms with Crippen molar-refractivity contribution in [2.24, 2.45) is 5.92 Å². The maximum absolute atomic E-state index is 12.5. The minimum absolute atomic E-state index is 0.0114. The van der Waals surface area contributed by atoms with Gasteiger partial charge in [0.25, 0.3) is 13.9 Å². The van der Waals surface area contributed by atoms with E-state index in [0.717, 1.165) is 0 Å². The minimum Gasteiger partial charge on any atom is -0.405 e. The molecule has 2 aromatic carbocycles. The van der Waals surface area contributed by atoms with E-state index < -0.39 is 25.8 Å². The van der Waals surface area contributed by atoms with Crippen molar-refractivity contribution >= 4 is 18.7 Å². The predicted molar refractivity (Wildman–Crippen MR) is 143 cm³/mol. The molecule has 0 unspecified atom stereocenters. The molecule has 0 saturated carbocycles. The van der Waals surface area contributed by atoms with Crippen LogP contribution in [0.3, 0.4) is 0 Å². The summed E-state index contributed by atoms with van der Waals surface area (Å²) in [7, 11) is -2.76. The molecule has 192 valence electrons. The molecule has 3 atom stereocenters. The molecule has 2 heterocycles. The van der Waals surface area contributed by atoms with E-state index in [0.29, 0.717) is 25.0 Å². The summed E-state index contributed by atoms with van der Waals surface area (Å²) >= 11 is 0. The van der Waals surface area contributed by atoms with Crippen molar-refractivity contribution in [2.45, 2.75) is 57.9 Å². The van der Waals surface area contributed by atoms with Crippen LogP contribution in [0.5, 0.6) is 0 Å². The number of aromatic amines is 1. The van der Waals surface area contributed by atoms with Crippen molar-refractivity contribution in [3.05, 3.63) is 93.3 Å². The highest BCUT2D eigenvalue weighted by Gasteiger charge is 2.51. The Bertz CT molecular complexity index is 1230. The van der Waals surface area contributed by atoms with Crippen LogP contribution in [-0.4, -0.2) is 42.3 Å². The summed E-state index contributed by atoms with van der Waals surface area (Å²) in [4.78, 5) is 26.7. The fraction of sp³-hybridized carbons (Fsp3) is 0.429. The van der Waals surface area contributed by atoms with E-state index in [1.807, 2.05) is 12.1 Å². The van der Waals surface area contributed by atoms with Crippen molar-refractivity contribution < 1.29 is 14.3 Å². The molecule has 7 nitrogen and oxygen atoms in total. The summed E-state index contributed by atoms with van der Waals surface area (Å²) in [6, 6.07) is 20.8. The van der Waals surface area contributed by atoms with Gasteiger partial charge in [-0.3, -0.25) is 14.3 Å². The molecule has 36 heavy (non-hydrogen) atoms. The molecule has 1 aliphatic heterocycles. The van der Waals surface area contributed by atoms with E-state index in [4.69, 9.17) is 9.16 Å². The Morgan fingerprint density at radius 1 is 1.06 bits per heavy atom. The first-order chi connectivity index (χ1) is 17.2. The number of ether oxygens (including phenoxy) is 1. The lowest BCUT2D eigenvalue weighted by molar-refractivity contribution is -0.0309. The number of nitrogens with one attached hydrogen (secondary N) is 1. The molecule has 0 bridgehead atoms. The number of hydrogen-bond acceptors (Lipinski definition) is 5. The zero-order valence-electron chi connectivity index (χ0n) is 21.4. The largest absolute Gasteiger partial charge is 0.405 e. The summed E-state index contributed by atoms with van der Waals surface area (Å²) in [5.41, 5.74) is -0.441. The van der Waals surface area contributed by atoms with Crippen LogP contribution < -0.4 is 21.6 Å². The second-order valence-corrected chi connectivity index (χ2v) is 14.9. The predicted octanol–water partition coefficient (Wildman–Crippen LogP) is 2.71. The lowest BCUT2D eigenvalue weighted by Crippen LogP contribution is -2.67. The molecule has 1 fully saturated rings. The number of aryl methyl sites for hydroxylation is 1. The molecule has 4 rings (SSSR count). The van der Waals surface area contributed by atoms with E-state index in [-0.39, 0.29) is 23.7 Å². The first-order valence-corrected chi connectivity index (χ1v) is 14.4. The summed E-state index contributed by atoms with van der Waals surface area (Å²) in [6.45, 7) is 8.71. The smallest absolute Gasteiger partial charge is 0.330 e. The zero-order valence-corrected chi connectivity index (χ0v) is 22.4. The summed E-state index contributed by atoms with van der Waals surface area (Å²) in [5, 5.41) is 11.9. The molecule has 1 aliphatic rings. The fourth-order valence-corrected chi connectivity index (χ4v) is 9.94. The molecular formula is C28H36N2O5Si. The van der Waals surface area contributed by atoms with E-state index in [1.54, 1.807) is 13.1 Å². The number of rotatable bonds is 8. The summed E-state index contributed by atoms with van der Waals surface area (Å²) < 4.78 is 14.9. The Morgan fingerprint density at radius 3 is 2.17 bits per heavy atom. The number of H-pyrrole nitrogens is 1. The van der Waals surface area contributed by atoms with E-state index in [9.17, 15) is 14.7 Å². The number of nitrogens with zero attached hydrogens (tertiary/aromatic N) is 1. The molecule has 0 spiro atoms. The second kappa shape index (κ2) is 10.7. The standard InChI is InChI=1S/C28H36N2O5Si/c1-20-18-30(27(33)29-26(20)32)25-17-21(15-16-31)24(35-25)19-34-36(28(2,3)4,22-11-7-5-8-12-22)23-13-9-6-10-14-23/h5-14,18,21,24-25,31H,15-17,19H2,1-4H3,(H,29,32,33)/t21-,24+,25+/m0/s1. The van der Waals surface area contributed by atoms with Gasteiger partial charge >= 0.3 is 5.69 Å². The first kappa shape index (κ1) is 26.3. The van der Waals surface area contributed by atoms with E-state index in [1.165, 1.54) is 14.9 Å². The van der Waals surface area contributed by atoms with Gasteiger partial charge in [0.05, 0.1) is 12.7 Å². The molecule has 2 N–H and O–H groups in total. The Labute approximate surface area is 212 Å². The third-order valence-electron chi connectivity index (χ3n) is 7.20. The molecule has 1 saturated heterocycles. The molecule has 3 aromatic rings. The molecule has 0 aliphatic carbocycles. The van der Waals surface area contributed by atoms with Crippen LogP contribution in [0.15, 0.2) is 76.4 Å². The number of aliphatic hydroxyl groups excluding tert-OH is 1. The zero-order chi connectivity index (χ0) is 25.9. The monoisotopic (exact) mass is 508 g/mol. The third-order valence-corrected chi connectivity index (χ3v) is 12.2. The number of aromatic nitrogens is 2. The van der Waals surface area contributed by atoms with E-state index in [2.05, 4.69) is 74.3 Å². The van der Waals surface area contributed by atoms with Crippen LogP contribution in [0.25, 0.3) is 0 Å². The maximum Gasteiger partial charge on any atom is 0.330 e. The minimum atomic E-state index is -2.76. The van der Waals surface area contributed by atoms with Gasteiger partial charge in [0.2, 0.25) is 0 Å². The van der Waals surface area contributed by atoms with Crippen molar-refractivity contribution in [3.8, 4) is 0 Å². The van der Waals surface area contributed by atoms with Gasteiger partial charge in [0.15, 0.2) is 0 Å². The Balaban J connectivity index is 1.69. The van der Waals surface area contributed by atoms with Gasteiger partial charge in [-0.15, -0.1) is 0 Å². The van der Waals surface area contributed by atoms with Crippen LogP contribution >= 0.6 is 0 Å². The van der Waals surface area contributed by atoms with Gasteiger partial charge in [0, 0.05) is 18.4 Å². The quantitative estimate of drug-likeness (QED) is 0.457. The lowest BCUT2D eigenvalue weighted by atomic mass is 9.98. The van der Waals surface area contributed by atoms with Gasteiger partial charge in [-0.2, -0.15) is 0 Å². The van der Waals surface area contributed by atoms with Gasteiger partial charge in [-0.1, -0.05) is 81.4 Å². The van der Waals surface area contributed by atoms with Crippen LogP contribution in [-0.2, 0) is 9.16 Å². The van der Waals surface area contributed by atoms with Crippen LogP contribution in [0, 0.1) is 12.8 Å². The highest BCUT2D eigenvalue weighted by Crippen LogP contribution is 2.39. The maximum atomic E-state index is 12.5. The fourth-order valence-electron chi connectivity index (χ4n) is 5.37. The molecular weight excluding hydrogens is 472 g/mol. The average molecular weight is 509 g/mol. The van der Waals surface area contributed by atoms with Crippen molar-refractivity contribution in [3.63, 3.8) is 0 Å². The molecule has 1 aromatic heterocycles. The Kier molecular flexibility index (Phi) is 7.80. The summed E-state index contributed by atoms with van der Waals surface area (Å²) in [6.07, 6.45) is 1.82. The molecule has 8 heteroatoms. The van der Waals surface area contributed by atoms with Crippen molar-refractivity contribution in [2.75, 3.05) is 13.2 Å². The normalized spacial score (nSPS) is 20.5. The van der Waals surface area contributed by atoms with Crippen molar-refractivity contribution in [1.82, 2.24) is 9.55 Å². The third kappa shape index (κ3) is 5.04. The van der Waals surface area contributed by atoms with Crippen LogP contribution in [0.1, 0.15) is 45.4 Å². The average Bonchev–Trinajstić information content (AvgIpc) is 3.25. The van der Waals surface area contributed by atoms with Crippen molar-refractivity contribution in [1.29, 1.82) is 0 Å². The molecule has 0 radical (unpaired) electrons. The molecule has 0 amide bonds. The first-order valence-electron chi connectivity index (χ1n) is 12.5. The Morgan fingerprint density at radius 2 is 1.64 bits per heavy atom. The highest BCUT2D eigenvalue weighted by molar-refractivity contribution is 6.99. The summed E-state index contributed by atoms with van der Waals surface area (Å²) in [5.74, 6) is 0.0114. The van der Waals surface area contributed by atoms with Gasteiger partial charge in [0.1, 0.15) is 6.23 Å². The van der Waals surface area contributed by atoms with Gasteiger partial charge in [-0.05, 0) is 41.1 Å². The highest BCUT2D eigenvalue weighted by atomic mass is 28.4. The van der Waals surface area contributed by atoms with E-state index >= 15 is 0 Å². The van der Waals surface area contributed by atoms with Crippen LogP contribution in [0.2, 0.25) is 5.04 Å². The number of aliphatic hydroxyl groups is 1. The van der Waals surface area contributed by atoms with Gasteiger partial charge < -0.3 is 14.3 Å². The Hall–Kier alpha value is -2.78. The number of benzene rings is 2. The van der Waals surface area contributed by atoms with Gasteiger partial charge in [-0.25, -0.2) is 4.79 Å². The van der Waals surface area contributed by atoms with Crippen LogP contribution in [0.4, 0.5) is 0 Å². The number of hydrogen-bond donors (Lipinski definition) is 2. The second-order valence-electron chi connectivity index (χ2n) is 10.6. The topological polar surface area (TPSA) is 93.6 Å².